The Balaban J connectivity index is 2.32. The maximum Gasteiger partial charge on any atom is -0.0386 e. The summed E-state index contributed by atoms with van der Waals surface area (Å²) in [6.45, 7) is 19.7. The van der Waals surface area contributed by atoms with Crippen molar-refractivity contribution < 1.29 is 0 Å². The Bertz CT molecular complexity index is 437. The second-order valence-electron chi connectivity index (χ2n) is 12.9. The van der Waals surface area contributed by atoms with Gasteiger partial charge in [-0.25, -0.2) is 0 Å². The summed E-state index contributed by atoms with van der Waals surface area (Å²) < 4.78 is 0. The second-order valence-corrected chi connectivity index (χ2v) is 12.9. The maximum atomic E-state index is 2.59. The highest BCUT2D eigenvalue weighted by molar-refractivity contribution is 4.79. The summed E-state index contributed by atoms with van der Waals surface area (Å²) in [7, 11) is 0. The van der Waals surface area contributed by atoms with Gasteiger partial charge >= 0.3 is 0 Å². The van der Waals surface area contributed by atoms with Crippen molar-refractivity contribution in [1.82, 2.24) is 0 Å². The van der Waals surface area contributed by atoms with Gasteiger partial charge in [0.15, 0.2) is 0 Å². The lowest BCUT2D eigenvalue weighted by atomic mass is 9.76. The van der Waals surface area contributed by atoms with Crippen LogP contribution in [0.3, 0.4) is 0 Å². The van der Waals surface area contributed by atoms with E-state index in [1.54, 1.807) is 0 Å². The van der Waals surface area contributed by atoms with E-state index < -0.39 is 0 Å². The lowest BCUT2D eigenvalue weighted by molar-refractivity contribution is 0.211. The van der Waals surface area contributed by atoms with Gasteiger partial charge in [-0.15, -0.1) is 0 Å². The molecule has 0 N–H and O–H groups in total. The van der Waals surface area contributed by atoms with Gasteiger partial charge in [0.2, 0.25) is 0 Å². The third-order valence-corrected chi connectivity index (χ3v) is 10.0. The van der Waals surface area contributed by atoms with Crippen molar-refractivity contribution in [3.05, 3.63) is 0 Å². The Morgan fingerprint density at radius 2 is 1.15 bits per heavy atom. The van der Waals surface area contributed by atoms with E-state index in [1.807, 2.05) is 0 Å². The summed E-state index contributed by atoms with van der Waals surface area (Å²) in [6.07, 6.45) is 24.8. The Hall–Kier alpha value is 0. The third-order valence-electron chi connectivity index (χ3n) is 10.0. The average Bonchev–Trinajstić information content (AvgIpc) is 3.20. The molecule has 0 aromatic heterocycles. The minimum Gasteiger partial charge on any atom is -0.0654 e. The van der Waals surface area contributed by atoms with Crippen LogP contribution in [0.1, 0.15) is 165 Å². The van der Waals surface area contributed by atoms with Crippen LogP contribution in [-0.2, 0) is 0 Å². The first-order valence-electron chi connectivity index (χ1n) is 15.8. The van der Waals surface area contributed by atoms with Crippen molar-refractivity contribution in [2.45, 2.75) is 165 Å². The van der Waals surface area contributed by atoms with Crippen LogP contribution in [0, 0.1) is 47.3 Å². The molecule has 1 fully saturated rings. The van der Waals surface area contributed by atoms with E-state index in [0.29, 0.717) is 0 Å². The van der Waals surface area contributed by atoms with E-state index in [-0.39, 0.29) is 0 Å². The zero-order valence-corrected chi connectivity index (χ0v) is 24.6. The van der Waals surface area contributed by atoms with Gasteiger partial charge in [0, 0.05) is 0 Å². The number of rotatable bonds is 20. The minimum atomic E-state index is 0.871. The monoisotopic (exact) mass is 463 g/mol. The highest BCUT2D eigenvalue weighted by Crippen LogP contribution is 2.39. The molecule has 0 nitrogen and oxygen atoms in total. The smallest absolute Gasteiger partial charge is 0.0386 e. The van der Waals surface area contributed by atoms with Gasteiger partial charge < -0.3 is 0 Å². The molecule has 33 heavy (non-hydrogen) atoms. The van der Waals surface area contributed by atoms with Crippen molar-refractivity contribution >= 4 is 0 Å². The Kier molecular flexibility index (Phi) is 17.2. The fourth-order valence-electron chi connectivity index (χ4n) is 7.19. The standard InChI is InChI=1S/C33H66/c1-9-17-31(26(4)5)20-14-12-13-15-21-32(18-10-2)29(8)24-23-28(7)30(11-3)25-33-22-16-19-27(33)6/h26-33H,9-25H2,1-8H3. The van der Waals surface area contributed by atoms with Crippen LogP contribution in [0.15, 0.2) is 0 Å². The molecule has 7 atom stereocenters. The minimum absolute atomic E-state index is 0.871. The first-order chi connectivity index (χ1) is 15.8. The van der Waals surface area contributed by atoms with E-state index in [2.05, 4.69) is 55.4 Å². The quantitative estimate of drug-likeness (QED) is 0.158. The lowest BCUT2D eigenvalue weighted by Gasteiger charge is -2.30. The maximum absolute atomic E-state index is 2.59. The van der Waals surface area contributed by atoms with E-state index >= 15 is 0 Å². The predicted molar refractivity (Wildman–Crippen MR) is 152 cm³/mol. The molecule has 0 heteroatoms. The normalized spacial score (nSPS) is 23.5. The fraction of sp³-hybridized carbons (Fsp3) is 1.00. The Morgan fingerprint density at radius 1 is 0.606 bits per heavy atom. The van der Waals surface area contributed by atoms with Crippen LogP contribution in [0.2, 0.25) is 0 Å². The lowest BCUT2D eigenvalue weighted by Crippen LogP contribution is -2.19. The van der Waals surface area contributed by atoms with Crippen LogP contribution in [0.25, 0.3) is 0 Å². The van der Waals surface area contributed by atoms with Gasteiger partial charge in [0.05, 0.1) is 0 Å². The molecule has 1 aliphatic rings. The Labute approximate surface area is 211 Å². The summed E-state index contributed by atoms with van der Waals surface area (Å²) in [5.74, 6) is 7.64. The summed E-state index contributed by atoms with van der Waals surface area (Å²) >= 11 is 0. The first kappa shape index (κ1) is 31.0. The average molecular weight is 463 g/mol. The van der Waals surface area contributed by atoms with Gasteiger partial charge in [-0.1, -0.05) is 158 Å². The second kappa shape index (κ2) is 18.3. The molecule has 1 saturated carbocycles. The molecule has 0 aliphatic heterocycles. The molecule has 0 aromatic rings. The third kappa shape index (κ3) is 12.5. The van der Waals surface area contributed by atoms with Gasteiger partial charge in [-0.05, 0) is 53.8 Å². The first-order valence-corrected chi connectivity index (χ1v) is 15.8. The highest BCUT2D eigenvalue weighted by atomic mass is 14.3. The molecule has 1 aliphatic carbocycles. The number of hydrogen-bond donors (Lipinski definition) is 0. The summed E-state index contributed by atoms with van der Waals surface area (Å²) in [5, 5.41) is 0. The summed E-state index contributed by atoms with van der Waals surface area (Å²) in [6, 6.07) is 0. The van der Waals surface area contributed by atoms with Crippen molar-refractivity contribution in [2.75, 3.05) is 0 Å². The van der Waals surface area contributed by atoms with Crippen molar-refractivity contribution in [1.29, 1.82) is 0 Å². The van der Waals surface area contributed by atoms with Crippen LogP contribution in [0.4, 0.5) is 0 Å². The molecule has 0 spiro atoms. The Morgan fingerprint density at radius 3 is 1.64 bits per heavy atom. The molecular weight excluding hydrogens is 396 g/mol. The highest BCUT2D eigenvalue weighted by Gasteiger charge is 2.28. The van der Waals surface area contributed by atoms with Gasteiger partial charge in [0.25, 0.3) is 0 Å². The van der Waals surface area contributed by atoms with E-state index in [9.17, 15) is 0 Å². The molecule has 0 saturated heterocycles. The number of hydrogen-bond acceptors (Lipinski definition) is 0. The molecular formula is C33H66. The zero-order chi connectivity index (χ0) is 24.6. The molecule has 1 rings (SSSR count). The van der Waals surface area contributed by atoms with E-state index in [1.165, 1.54) is 109 Å². The van der Waals surface area contributed by atoms with Gasteiger partial charge in [-0.3, -0.25) is 0 Å². The van der Waals surface area contributed by atoms with E-state index in [4.69, 9.17) is 0 Å². The topological polar surface area (TPSA) is 0 Å². The predicted octanol–water partition coefficient (Wildman–Crippen LogP) is 11.7. The van der Waals surface area contributed by atoms with Crippen molar-refractivity contribution in [2.24, 2.45) is 47.3 Å². The summed E-state index contributed by atoms with van der Waals surface area (Å²) in [4.78, 5) is 0. The molecule has 0 amide bonds. The van der Waals surface area contributed by atoms with Crippen LogP contribution in [0.5, 0.6) is 0 Å². The van der Waals surface area contributed by atoms with Crippen molar-refractivity contribution in [3.63, 3.8) is 0 Å². The molecule has 0 aromatic carbocycles. The van der Waals surface area contributed by atoms with Crippen LogP contribution < -0.4 is 0 Å². The van der Waals surface area contributed by atoms with Crippen LogP contribution >= 0.6 is 0 Å². The molecule has 7 unspecified atom stereocenters. The zero-order valence-electron chi connectivity index (χ0n) is 24.6. The largest absolute Gasteiger partial charge is 0.0654 e. The fourth-order valence-corrected chi connectivity index (χ4v) is 7.19. The van der Waals surface area contributed by atoms with Gasteiger partial charge in [-0.2, -0.15) is 0 Å². The summed E-state index contributed by atoms with van der Waals surface area (Å²) in [5.41, 5.74) is 0. The van der Waals surface area contributed by atoms with Gasteiger partial charge in [0.1, 0.15) is 0 Å². The molecule has 198 valence electrons. The van der Waals surface area contributed by atoms with Crippen molar-refractivity contribution in [3.8, 4) is 0 Å². The molecule has 0 bridgehead atoms. The SMILES string of the molecule is CCCC(CCCCCCC(CCC)C(C)CCC(C)C(CC)CC1CCCC1C)C(C)C. The molecule has 0 radical (unpaired) electrons. The molecule has 0 heterocycles. The van der Waals surface area contributed by atoms with E-state index in [0.717, 1.165) is 47.3 Å². The number of unbranched alkanes of at least 4 members (excludes halogenated alkanes) is 3. The van der Waals surface area contributed by atoms with Crippen LogP contribution in [-0.4, -0.2) is 0 Å².